The molecule has 3 rings (SSSR count). The Balaban J connectivity index is 1.71. The lowest BCUT2D eigenvalue weighted by Crippen LogP contribution is -2.47. The minimum Gasteiger partial charge on any atom is -0.354 e. The molecule has 0 amide bonds. The molecule has 24 heavy (non-hydrogen) atoms. The summed E-state index contributed by atoms with van der Waals surface area (Å²) < 4.78 is 14.0. The van der Waals surface area contributed by atoms with Gasteiger partial charge < -0.3 is 15.1 Å². The van der Waals surface area contributed by atoms with Gasteiger partial charge in [0.1, 0.15) is 5.82 Å². The summed E-state index contributed by atoms with van der Waals surface area (Å²) in [4.78, 5) is 17.2. The lowest BCUT2D eigenvalue weighted by atomic mass is 10.3. The number of rotatable bonds is 4. The highest BCUT2D eigenvalue weighted by Gasteiger charge is 2.22. The van der Waals surface area contributed by atoms with Crippen LogP contribution < -0.4 is 15.1 Å². The van der Waals surface area contributed by atoms with Crippen molar-refractivity contribution in [2.45, 2.75) is 13.8 Å². The molecule has 0 bridgehead atoms. The Bertz CT molecular complexity index is 718. The molecule has 8 heteroatoms. The van der Waals surface area contributed by atoms with Crippen LogP contribution in [0, 0.1) is 12.7 Å². The van der Waals surface area contributed by atoms with Crippen molar-refractivity contribution >= 4 is 29.2 Å². The molecule has 2 aromatic heterocycles. The van der Waals surface area contributed by atoms with Crippen molar-refractivity contribution in [2.75, 3.05) is 47.8 Å². The van der Waals surface area contributed by atoms with Gasteiger partial charge in [-0.2, -0.15) is 4.98 Å². The number of hydrogen-bond acceptors (Lipinski definition) is 6. The van der Waals surface area contributed by atoms with E-state index in [0.717, 1.165) is 31.1 Å². The monoisotopic (exact) mass is 350 g/mol. The quantitative estimate of drug-likeness (QED) is 0.915. The van der Waals surface area contributed by atoms with Crippen molar-refractivity contribution in [3.05, 3.63) is 34.9 Å². The van der Waals surface area contributed by atoms with Gasteiger partial charge >= 0.3 is 0 Å². The predicted molar refractivity (Wildman–Crippen MR) is 94.6 cm³/mol. The molecule has 2 aromatic rings. The number of halogens is 2. The van der Waals surface area contributed by atoms with Gasteiger partial charge in [0.2, 0.25) is 5.95 Å². The van der Waals surface area contributed by atoms with Crippen LogP contribution in [0.2, 0.25) is 5.02 Å². The van der Waals surface area contributed by atoms with Crippen molar-refractivity contribution in [3.8, 4) is 0 Å². The molecule has 1 aliphatic heterocycles. The second kappa shape index (κ2) is 7.17. The van der Waals surface area contributed by atoms with Gasteiger partial charge in [-0.25, -0.2) is 14.4 Å². The summed E-state index contributed by atoms with van der Waals surface area (Å²) in [7, 11) is 0. The normalized spacial score (nSPS) is 14.8. The van der Waals surface area contributed by atoms with Crippen LogP contribution in [0.4, 0.5) is 22.0 Å². The second-order valence-electron chi connectivity index (χ2n) is 5.65. The Labute approximate surface area is 145 Å². The standard InChI is InChI=1S/C16H20ClFN6/c1-3-19-16-21-11(2)8-14(22-16)23-4-6-24(7-5-23)15-13(18)9-12(17)10-20-15/h8-10H,3-7H2,1-2H3,(H,19,21,22). The maximum absolute atomic E-state index is 14.0. The topological polar surface area (TPSA) is 57.2 Å². The summed E-state index contributed by atoms with van der Waals surface area (Å²) in [5.74, 6) is 1.50. The van der Waals surface area contributed by atoms with Crippen molar-refractivity contribution in [1.82, 2.24) is 15.0 Å². The van der Waals surface area contributed by atoms with Crippen molar-refractivity contribution < 1.29 is 4.39 Å². The number of hydrogen-bond donors (Lipinski definition) is 1. The Kier molecular flexibility index (Phi) is 4.99. The van der Waals surface area contributed by atoms with Gasteiger partial charge in [-0.1, -0.05) is 11.6 Å². The molecule has 0 radical (unpaired) electrons. The fraction of sp³-hybridized carbons (Fsp3) is 0.438. The van der Waals surface area contributed by atoms with Crippen LogP contribution in [0.5, 0.6) is 0 Å². The zero-order valence-corrected chi connectivity index (χ0v) is 14.5. The highest BCUT2D eigenvalue weighted by atomic mass is 35.5. The zero-order chi connectivity index (χ0) is 17.1. The first kappa shape index (κ1) is 16.7. The van der Waals surface area contributed by atoms with E-state index in [1.807, 2.05) is 24.8 Å². The second-order valence-corrected chi connectivity index (χ2v) is 6.09. The van der Waals surface area contributed by atoms with Gasteiger partial charge in [0, 0.05) is 50.7 Å². The lowest BCUT2D eigenvalue weighted by molar-refractivity contribution is 0.587. The molecule has 0 atom stereocenters. The van der Waals surface area contributed by atoms with E-state index in [2.05, 4.69) is 25.2 Å². The average molecular weight is 351 g/mol. The van der Waals surface area contributed by atoms with Crippen LogP contribution in [-0.4, -0.2) is 47.7 Å². The molecular formula is C16H20ClFN6. The van der Waals surface area contributed by atoms with E-state index in [0.29, 0.717) is 29.9 Å². The summed E-state index contributed by atoms with van der Waals surface area (Å²) in [5.41, 5.74) is 0.920. The number of nitrogens with zero attached hydrogens (tertiary/aromatic N) is 5. The van der Waals surface area contributed by atoms with Gasteiger partial charge in [0.15, 0.2) is 11.6 Å². The van der Waals surface area contributed by atoms with Crippen molar-refractivity contribution in [1.29, 1.82) is 0 Å². The number of pyridine rings is 1. The third-order valence-electron chi connectivity index (χ3n) is 3.87. The van der Waals surface area contributed by atoms with Gasteiger partial charge in [-0.3, -0.25) is 0 Å². The number of nitrogens with one attached hydrogen (secondary N) is 1. The van der Waals surface area contributed by atoms with E-state index >= 15 is 0 Å². The first-order valence-electron chi connectivity index (χ1n) is 7.97. The number of anilines is 3. The maximum atomic E-state index is 14.0. The zero-order valence-electron chi connectivity index (χ0n) is 13.8. The molecule has 128 valence electrons. The van der Waals surface area contributed by atoms with E-state index in [9.17, 15) is 4.39 Å². The Morgan fingerprint density at radius 2 is 1.88 bits per heavy atom. The SMILES string of the molecule is CCNc1nc(C)cc(N2CCN(c3ncc(Cl)cc3F)CC2)n1. The lowest BCUT2D eigenvalue weighted by Gasteiger charge is -2.36. The third kappa shape index (κ3) is 3.67. The predicted octanol–water partition coefficient (Wildman–Crippen LogP) is 2.73. The fourth-order valence-corrected chi connectivity index (χ4v) is 2.88. The molecule has 1 fully saturated rings. The van der Waals surface area contributed by atoms with E-state index in [4.69, 9.17) is 11.6 Å². The molecule has 1 aliphatic rings. The molecule has 0 saturated carbocycles. The van der Waals surface area contributed by atoms with Crippen molar-refractivity contribution in [3.63, 3.8) is 0 Å². The smallest absolute Gasteiger partial charge is 0.224 e. The first-order valence-corrected chi connectivity index (χ1v) is 8.35. The van der Waals surface area contributed by atoms with E-state index in [-0.39, 0.29) is 5.82 Å². The summed E-state index contributed by atoms with van der Waals surface area (Å²) >= 11 is 5.77. The van der Waals surface area contributed by atoms with Crippen LogP contribution in [0.25, 0.3) is 0 Å². The molecule has 0 aliphatic carbocycles. The molecule has 3 heterocycles. The van der Waals surface area contributed by atoms with Crippen LogP contribution in [-0.2, 0) is 0 Å². The van der Waals surface area contributed by atoms with E-state index in [1.165, 1.54) is 12.3 Å². The average Bonchev–Trinajstić information content (AvgIpc) is 2.55. The molecule has 1 saturated heterocycles. The molecule has 1 N–H and O–H groups in total. The Morgan fingerprint density at radius 3 is 2.54 bits per heavy atom. The Morgan fingerprint density at radius 1 is 1.17 bits per heavy atom. The number of piperazine rings is 1. The van der Waals surface area contributed by atoms with Crippen LogP contribution in [0.3, 0.4) is 0 Å². The van der Waals surface area contributed by atoms with E-state index < -0.39 is 0 Å². The summed E-state index contributed by atoms with van der Waals surface area (Å²) in [6.07, 6.45) is 1.48. The molecule has 6 nitrogen and oxygen atoms in total. The number of aryl methyl sites for hydroxylation is 1. The van der Waals surface area contributed by atoms with Gasteiger partial charge in [0.05, 0.1) is 5.02 Å². The molecule has 0 unspecified atom stereocenters. The van der Waals surface area contributed by atoms with Crippen LogP contribution in [0.1, 0.15) is 12.6 Å². The summed E-state index contributed by atoms with van der Waals surface area (Å²) in [6.45, 7) is 7.57. The fourth-order valence-electron chi connectivity index (χ4n) is 2.74. The third-order valence-corrected chi connectivity index (χ3v) is 4.07. The molecule has 0 spiro atoms. The van der Waals surface area contributed by atoms with Gasteiger partial charge in [-0.05, 0) is 19.9 Å². The van der Waals surface area contributed by atoms with Crippen LogP contribution >= 0.6 is 11.6 Å². The first-order chi connectivity index (χ1) is 11.6. The highest BCUT2D eigenvalue weighted by Crippen LogP contribution is 2.23. The molecule has 0 aromatic carbocycles. The van der Waals surface area contributed by atoms with Crippen molar-refractivity contribution in [2.24, 2.45) is 0 Å². The highest BCUT2D eigenvalue weighted by molar-refractivity contribution is 6.30. The Hall–Kier alpha value is -2.15. The largest absolute Gasteiger partial charge is 0.354 e. The van der Waals surface area contributed by atoms with Gasteiger partial charge in [-0.15, -0.1) is 0 Å². The minimum absolute atomic E-state index is 0.308. The van der Waals surface area contributed by atoms with E-state index in [1.54, 1.807) is 0 Å². The summed E-state index contributed by atoms with van der Waals surface area (Å²) in [5, 5.41) is 3.45. The number of aromatic nitrogens is 3. The molecular weight excluding hydrogens is 331 g/mol. The summed E-state index contributed by atoms with van der Waals surface area (Å²) in [6, 6.07) is 3.27. The maximum Gasteiger partial charge on any atom is 0.224 e. The van der Waals surface area contributed by atoms with Gasteiger partial charge in [0.25, 0.3) is 0 Å². The van der Waals surface area contributed by atoms with Crippen LogP contribution in [0.15, 0.2) is 18.3 Å². The minimum atomic E-state index is -0.386.